The number of rotatable bonds is 4. The second kappa shape index (κ2) is 7.61. The molecule has 0 atom stereocenters. The molecule has 0 fully saturated rings. The Morgan fingerprint density at radius 1 is 1.20 bits per heavy atom. The van der Waals surface area contributed by atoms with Crippen molar-refractivity contribution >= 4 is 29.2 Å². The van der Waals surface area contributed by atoms with Gasteiger partial charge in [0.25, 0.3) is 5.91 Å². The number of carbonyl (C=O) groups is 2. The van der Waals surface area contributed by atoms with Crippen LogP contribution in [0.5, 0.6) is 0 Å². The van der Waals surface area contributed by atoms with Gasteiger partial charge < -0.3 is 10.6 Å². The Balaban J connectivity index is 1.96. The molecule has 0 spiro atoms. The molecule has 2 amide bonds. The van der Waals surface area contributed by atoms with Gasteiger partial charge in [-0.1, -0.05) is 38.4 Å². The summed E-state index contributed by atoms with van der Waals surface area (Å²) in [4.78, 5) is 28.1. The van der Waals surface area contributed by atoms with Crippen LogP contribution in [-0.2, 0) is 11.3 Å². The number of nitrogens with zero attached hydrogens (tertiary/aromatic N) is 1. The van der Waals surface area contributed by atoms with Crippen molar-refractivity contribution in [3.63, 3.8) is 0 Å². The van der Waals surface area contributed by atoms with E-state index in [0.29, 0.717) is 16.9 Å². The highest BCUT2D eigenvalue weighted by Crippen LogP contribution is 2.17. The molecule has 2 aromatic rings. The number of anilines is 1. The SMILES string of the molecule is CC(C)(C)C(=O)Nc1ccc(C(=O)NCc2ccc(F)c(Cl)c2)cn1. The maximum atomic E-state index is 13.1. The number of benzene rings is 1. The fourth-order valence-electron chi connectivity index (χ4n) is 1.84. The molecule has 0 saturated carbocycles. The molecule has 0 saturated heterocycles. The summed E-state index contributed by atoms with van der Waals surface area (Å²) < 4.78 is 13.1. The summed E-state index contributed by atoms with van der Waals surface area (Å²) in [5.74, 6) is -0.623. The molecule has 2 rings (SSSR count). The van der Waals surface area contributed by atoms with Gasteiger partial charge in [-0.25, -0.2) is 9.37 Å². The van der Waals surface area contributed by atoms with Crippen molar-refractivity contribution in [2.75, 3.05) is 5.32 Å². The molecule has 2 N–H and O–H groups in total. The first-order valence-corrected chi connectivity index (χ1v) is 8.04. The van der Waals surface area contributed by atoms with E-state index in [0.717, 1.165) is 0 Å². The topological polar surface area (TPSA) is 71.1 Å². The molecule has 1 aromatic carbocycles. The monoisotopic (exact) mass is 363 g/mol. The zero-order valence-corrected chi connectivity index (χ0v) is 14.9. The number of amides is 2. The second-order valence-corrected chi connectivity index (χ2v) is 6.97. The number of hydrogen-bond acceptors (Lipinski definition) is 3. The van der Waals surface area contributed by atoms with Gasteiger partial charge in [-0.05, 0) is 29.8 Å². The fraction of sp³-hybridized carbons (Fsp3) is 0.278. The molecular formula is C18H19ClFN3O2. The van der Waals surface area contributed by atoms with Gasteiger partial charge in [-0.3, -0.25) is 9.59 Å². The first-order chi connectivity index (χ1) is 11.7. The third-order valence-electron chi connectivity index (χ3n) is 3.39. The Labute approximate surface area is 150 Å². The molecule has 7 heteroatoms. The van der Waals surface area contributed by atoms with E-state index in [9.17, 15) is 14.0 Å². The van der Waals surface area contributed by atoms with E-state index in [-0.39, 0.29) is 23.4 Å². The van der Waals surface area contributed by atoms with E-state index >= 15 is 0 Å². The van der Waals surface area contributed by atoms with Crippen LogP contribution in [-0.4, -0.2) is 16.8 Å². The van der Waals surface area contributed by atoms with E-state index in [4.69, 9.17) is 11.6 Å². The first kappa shape index (κ1) is 18.9. The van der Waals surface area contributed by atoms with E-state index in [1.54, 1.807) is 39.0 Å². The molecule has 0 aliphatic heterocycles. The minimum atomic E-state index is -0.534. The van der Waals surface area contributed by atoms with Gasteiger partial charge in [0.1, 0.15) is 11.6 Å². The highest BCUT2D eigenvalue weighted by Gasteiger charge is 2.21. The summed E-state index contributed by atoms with van der Waals surface area (Å²) in [6.45, 7) is 5.60. The summed E-state index contributed by atoms with van der Waals surface area (Å²) in [5.41, 5.74) is 0.498. The molecular weight excluding hydrogens is 345 g/mol. The Hall–Kier alpha value is -2.47. The van der Waals surface area contributed by atoms with Gasteiger partial charge in [-0.15, -0.1) is 0 Å². The summed E-state index contributed by atoms with van der Waals surface area (Å²) in [7, 11) is 0. The molecule has 132 valence electrons. The minimum Gasteiger partial charge on any atom is -0.348 e. The lowest BCUT2D eigenvalue weighted by molar-refractivity contribution is -0.123. The third-order valence-corrected chi connectivity index (χ3v) is 3.68. The average Bonchev–Trinajstić information content (AvgIpc) is 2.55. The molecule has 5 nitrogen and oxygen atoms in total. The fourth-order valence-corrected chi connectivity index (χ4v) is 2.04. The molecule has 0 aliphatic rings. The number of aromatic nitrogens is 1. The van der Waals surface area contributed by atoms with Crippen molar-refractivity contribution < 1.29 is 14.0 Å². The smallest absolute Gasteiger partial charge is 0.253 e. The standard InChI is InChI=1S/C18H19ClFN3O2/c1-18(2,3)17(25)23-15-7-5-12(10-21-15)16(24)22-9-11-4-6-14(20)13(19)8-11/h4-8,10H,9H2,1-3H3,(H,22,24)(H,21,23,25). The van der Waals surface area contributed by atoms with Crippen LogP contribution < -0.4 is 10.6 Å². The van der Waals surface area contributed by atoms with Crippen LogP contribution in [0.2, 0.25) is 5.02 Å². The van der Waals surface area contributed by atoms with Crippen LogP contribution in [0.4, 0.5) is 10.2 Å². The van der Waals surface area contributed by atoms with Crippen LogP contribution in [0.25, 0.3) is 0 Å². The molecule has 0 radical (unpaired) electrons. The van der Waals surface area contributed by atoms with Crippen molar-refractivity contribution in [3.8, 4) is 0 Å². The van der Waals surface area contributed by atoms with Gasteiger partial charge in [-0.2, -0.15) is 0 Å². The number of pyridine rings is 1. The lowest BCUT2D eigenvalue weighted by atomic mass is 9.96. The second-order valence-electron chi connectivity index (χ2n) is 6.57. The predicted octanol–water partition coefficient (Wildman–Crippen LogP) is 3.79. The number of nitrogens with one attached hydrogen (secondary N) is 2. The van der Waals surface area contributed by atoms with Crippen molar-refractivity contribution in [1.29, 1.82) is 0 Å². The van der Waals surface area contributed by atoms with E-state index in [1.165, 1.54) is 18.3 Å². The zero-order chi connectivity index (χ0) is 18.6. The van der Waals surface area contributed by atoms with Crippen LogP contribution in [0.15, 0.2) is 36.5 Å². The van der Waals surface area contributed by atoms with E-state index in [1.807, 2.05) is 0 Å². The molecule has 0 bridgehead atoms. The largest absolute Gasteiger partial charge is 0.348 e. The van der Waals surface area contributed by atoms with Crippen molar-refractivity contribution in [3.05, 3.63) is 58.5 Å². The lowest BCUT2D eigenvalue weighted by Gasteiger charge is -2.17. The Morgan fingerprint density at radius 2 is 1.92 bits per heavy atom. The maximum Gasteiger partial charge on any atom is 0.253 e. The minimum absolute atomic E-state index is 0.00681. The molecule has 0 aliphatic carbocycles. The lowest BCUT2D eigenvalue weighted by Crippen LogP contribution is -2.28. The molecule has 25 heavy (non-hydrogen) atoms. The quantitative estimate of drug-likeness (QED) is 0.868. The van der Waals surface area contributed by atoms with Gasteiger partial charge in [0.15, 0.2) is 0 Å². The summed E-state index contributed by atoms with van der Waals surface area (Å²) in [5, 5.41) is 5.39. The van der Waals surface area contributed by atoms with Gasteiger partial charge in [0.05, 0.1) is 10.6 Å². The van der Waals surface area contributed by atoms with Crippen molar-refractivity contribution in [2.45, 2.75) is 27.3 Å². The molecule has 1 aromatic heterocycles. The Bertz CT molecular complexity index is 786. The van der Waals surface area contributed by atoms with Crippen molar-refractivity contribution in [1.82, 2.24) is 10.3 Å². The number of hydrogen-bond donors (Lipinski definition) is 2. The highest BCUT2D eigenvalue weighted by molar-refractivity contribution is 6.30. The normalized spacial score (nSPS) is 11.1. The highest BCUT2D eigenvalue weighted by atomic mass is 35.5. The number of carbonyl (C=O) groups excluding carboxylic acids is 2. The van der Waals surface area contributed by atoms with Gasteiger partial charge in [0, 0.05) is 18.2 Å². The van der Waals surface area contributed by atoms with Crippen LogP contribution in [0.1, 0.15) is 36.7 Å². The Kier molecular flexibility index (Phi) is 5.74. The third kappa shape index (κ3) is 5.26. The summed E-state index contributed by atoms with van der Waals surface area (Å²) in [6, 6.07) is 7.38. The predicted molar refractivity (Wildman–Crippen MR) is 94.9 cm³/mol. The van der Waals surface area contributed by atoms with Gasteiger partial charge in [0.2, 0.25) is 5.91 Å². The maximum absolute atomic E-state index is 13.1. The van der Waals surface area contributed by atoms with Crippen LogP contribution in [0, 0.1) is 11.2 Å². The average molecular weight is 364 g/mol. The van der Waals surface area contributed by atoms with Gasteiger partial charge >= 0.3 is 0 Å². The summed E-state index contributed by atoms with van der Waals surface area (Å²) in [6.07, 6.45) is 1.38. The van der Waals surface area contributed by atoms with E-state index < -0.39 is 11.2 Å². The molecule has 1 heterocycles. The van der Waals surface area contributed by atoms with Crippen LogP contribution in [0.3, 0.4) is 0 Å². The van der Waals surface area contributed by atoms with Crippen molar-refractivity contribution in [2.24, 2.45) is 5.41 Å². The van der Waals surface area contributed by atoms with E-state index in [2.05, 4.69) is 15.6 Å². The summed E-state index contributed by atoms with van der Waals surface area (Å²) >= 11 is 5.70. The first-order valence-electron chi connectivity index (χ1n) is 7.66. The zero-order valence-electron chi connectivity index (χ0n) is 14.2. The molecule has 0 unspecified atom stereocenters. The van der Waals surface area contributed by atoms with Crippen LogP contribution >= 0.6 is 11.6 Å². The number of halogens is 2. The Morgan fingerprint density at radius 3 is 2.48 bits per heavy atom.